The molecule has 0 unspecified atom stereocenters. The predicted molar refractivity (Wildman–Crippen MR) is 54.6 cm³/mol. The lowest BCUT2D eigenvalue weighted by Crippen LogP contribution is -1.92. The fourth-order valence-electron chi connectivity index (χ4n) is 1.31. The lowest BCUT2D eigenvalue weighted by atomic mass is 9.95. The Morgan fingerprint density at radius 2 is 1.83 bits per heavy atom. The van der Waals surface area contributed by atoms with Gasteiger partial charge in [0.25, 0.3) is 0 Å². The van der Waals surface area contributed by atoms with E-state index in [1.54, 1.807) is 0 Å². The zero-order valence-corrected chi connectivity index (χ0v) is 8.52. The zero-order valence-electron chi connectivity index (χ0n) is 8.52. The molecule has 0 heterocycles. The molecule has 0 aliphatic carbocycles. The molecule has 0 saturated heterocycles. The van der Waals surface area contributed by atoms with Gasteiger partial charge in [-0.15, -0.1) is 0 Å². The SMILES string of the molecule is CC[C@@H](C)c1ccc(C)c(C)c1. The van der Waals surface area contributed by atoms with Crippen LogP contribution in [0.2, 0.25) is 0 Å². The van der Waals surface area contributed by atoms with E-state index in [0.717, 1.165) is 0 Å². The van der Waals surface area contributed by atoms with Crippen molar-refractivity contribution in [3.8, 4) is 0 Å². The molecule has 0 aliphatic rings. The van der Waals surface area contributed by atoms with E-state index in [0.29, 0.717) is 5.92 Å². The van der Waals surface area contributed by atoms with Crippen molar-refractivity contribution in [1.29, 1.82) is 0 Å². The van der Waals surface area contributed by atoms with Gasteiger partial charge in [-0.25, -0.2) is 0 Å². The normalized spacial score (nSPS) is 13.0. The topological polar surface area (TPSA) is 0 Å². The van der Waals surface area contributed by atoms with E-state index in [4.69, 9.17) is 0 Å². The molecule has 0 heteroatoms. The second-order valence-corrected chi connectivity index (χ2v) is 3.65. The fourth-order valence-corrected chi connectivity index (χ4v) is 1.31. The number of aryl methyl sites for hydroxylation is 2. The summed E-state index contributed by atoms with van der Waals surface area (Å²) in [7, 11) is 0. The van der Waals surface area contributed by atoms with Crippen molar-refractivity contribution in [3.05, 3.63) is 34.9 Å². The molecular formula is C12H18. The van der Waals surface area contributed by atoms with E-state index in [-0.39, 0.29) is 0 Å². The van der Waals surface area contributed by atoms with Crippen molar-refractivity contribution >= 4 is 0 Å². The Morgan fingerprint density at radius 1 is 1.17 bits per heavy atom. The first-order chi connectivity index (χ1) is 5.65. The highest BCUT2D eigenvalue weighted by molar-refractivity contribution is 5.31. The third-order valence-corrected chi connectivity index (χ3v) is 2.71. The zero-order chi connectivity index (χ0) is 9.14. The smallest absolute Gasteiger partial charge is 0.0193 e. The van der Waals surface area contributed by atoms with Crippen LogP contribution in [-0.4, -0.2) is 0 Å². The summed E-state index contributed by atoms with van der Waals surface area (Å²) in [6.07, 6.45) is 1.22. The minimum atomic E-state index is 0.698. The Hall–Kier alpha value is -0.780. The number of hydrogen-bond donors (Lipinski definition) is 0. The van der Waals surface area contributed by atoms with Gasteiger partial charge in [0.15, 0.2) is 0 Å². The molecule has 0 spiro atoms. The molecule has 1 atom stereocenters. The molecule has 0 saturated carbocycles. The average Bonchev–Trinajstić information content (AvgIpc) is 2.08. The third kappa shape index (κ3) is 1.88. The highest BCUT2D eigenvalue weighted by Gasteiger charge is 2.02. The van der Waals surface area contributed by atoms with Crippen molar-refractivity contribution < 1.29 is 0 Å². The van der Waals surface area contributed by atoms with Gasteiger partial charge in [0, 0.05) is 0 Å². The monoisotopic (exact) mass is 162 g/mol. The van der Waals surface area contributed by atoms with Crippen LogP contribution in [0.15, 0.2) is 18.2 Å². The molecule has 0 amide bonds. The maximum atomic E-state index is 2.31. The van der Waals surface area contributed by atoms with E-state index < -0.39 is 0 Å². The molecule has 0 aliphatic heterocycles. The molecule has 1 rings (SSSR count). The van der Waals surface area contributed by atoms with E-state index in [1.807, 2.05) is 0 Å². The predicted octanol–water partition coefficient (Wildman–Crippen LogP) is 3.82. The van der Waals surface area contributed by atoms with Crippen LogP contribution in [0.4, 0.5) is 0 Å². The Morgan fingerprint density at radius 3 is 2.33 bits per heavy atom. The summed E-state index contributed by atoms with van der Waals surface area (Å²) in [6.45, 7) is 8.86. The van der Waals surface area contributed by atoms with Crippen molar-refractivity contribution in [2.45, 2.75) is 40.0 Å². The number of rotatable bonds is 2. The first-order valence-corrected chi connectivity index (χ1v) is 4.72. The van der Waals surface area contributed by atoms with Gasteiger partial charge >= 0.3 is 0 Å². The molecule has 1 aromatic carbocycles. The van der Waals surface area contributed by atoms with E-state index in [2.05, 4.69) is 45.9 Å². The Kier molecular flexibility index (Phi) is 2.91. The largest absolute Gasteiger partial charge is 0.0648 e. The summed E-state index contributed by atoms with van der Waals surface area (Å²) in [6, 6.07) is 6.77. The van der Waals surface area contributed by atoms with Gasteiger partial charge in [-0.2, -0.15) is 0 Å². The second kappa shape index (κ2) is 3.75. The number of hydrogen-bond acceptors (Lipinski definition) is 0. The average molecular weight is 162 g/mol. The van der Waals surface area contributed by atoms with Crippen LogP contribution in [0.25, 0.3) is 0 Å². The van der Waals surface area contributed by atoms with Gasteiger partial charge in [-0.3, -0.25) is 0 Å². The Labute approximate surface area is 75.6 Å². The molecule has 66 valence electrons. The van der Waals surface area contributed by atoms with Gasteiger partial charge < -0.3 is 0 Å². The minimum Gasteiger partial charge on any atom is -0.0648 e. The van der Waals surface area contributed by atoms with E-state index >= 15 is 0 Å². The maximum Gasteiger partial charge on any atom is -0.0193 e. The van der Waals surface area contributed by atoms with Crippen LogP contribution in [-0.2, 0) is 0 Å². The minimum absolute atomic E-state index is 0.698. The van der Waals surface area contributed by atoms with Crippen LogP contribution in [0, 0.1) is 13.8 Å². The van der Waals surface area contributed by atoms with Crippen LogP contribution >= 0.6 is 0 Å². The molecule has 0 nitrogen and oxygen atoms in total. The van der Waals surface area contributed by atoms with Gasteiger partial charge in [0.2, 0.25) is 0 Å². The van der Waals surface area contributed by atoms with Gasteiger partial charge in [0.05, 0.1) is 0 Å². The van der Waals surface area contributed by atoms with Crippen LogP contribution < -0.4 is 0 Å². The highest BCUT2D eigenvalue weighted by atomic mass is 14.1. The van der Waals surface area contributed by atoms with E-state index in [9.17, 15) is 0 Å². The molecule has 12 heavy (non-hydrogen) atoms. The summed E-state index contributed by atoms with van der Waals surface area (Å²) >= 11 is 0. The molecule has 0 bridgehead atoms. The summed E-state index contributed by atoms with van der Waals surface area (Å²) in [5.41, 5.74) is 4.27. The van der Waals surface area contributed by atoms with Crippen molar-refractivity contribution in [2.75, 3.05) is 0 Å². The molecule has 0 N–H and O–H groups in total. The highest BCUT2D eigenvalue weighted by Crippen LogP contribution is 2.20. The Bertz CT molecular complexity index is 261. The third-order valence-electron chi connectivity index (χ3n) is 2.71. The summed E-state index contributed by atoms with van der Waals surface area (Å²) < 4.78 is 0. The first-order valence-electron chi connectivity index (χ1n) is 4.72. The van der Waals surface area contributed by atoms with Gasteiger partial charge in [-0.1, -0.05) is 32.0 Å². The molecule has 1 aromatic rings. The fraction of sp³-hybridized carbons (Fsp3) is 0.500. The molecule has 0 fully saturated rings. The lowest BCUT2D eigenvalue weighted by Gasteiger charge is -2.10. The van der Waals surface area contributed by atoms with Crippen LogP contribution in [0.1, 0.15) is 42.9 Å². The summed E-state index contributed by atoms with van der Waals surface area (Å²) in [5, 5.41) is 0. The summed E-state index contributed by atoms with van der Waals surface area (Å²) in [4.78, 5) is 0. The molecule has 0 aromatic heterocycles. The number of benzene rings is 1. The molecule has 0 radical (unpaired) electrons. The lowest BCUT2D eigenvalue weighted by molar-refractivity contribution is 0.732. The first kappa shape index (κ1) is 9.31. The molecular weight excluding hydrogens is 144 g/mol. The van der Waals surface area contributed by atoms with Crippen molar-refractivity contribution in [3.63, 3.8) is 0 Å². The van der Waals surface area contributed by atoms with Crippen LogP contribution in [0.5, 0.6) is 0 Å². The van der Waals surface area contributed by atoms with Gasteiger partial charge in [-0.05, 0) is 42.9 Å². The van der Waals surface area contributed by atoms with Gasteiger partial charge in [0.1, 0.15) is 0 Å². The van der Waals surface area contributed by atoms with E-state index in [1.165, 1.54) is 23.1 Å². The maximum absolute atomic E-state index is 2.31. The quantitative estimate of drug-likeness (QED) is 0.620. The Balaban J connectivity index is 2.96. The van der Waals surface area contributed by atoms with Crippen molar-refractivity contribution in [1.82, 2.24) is 0 Å². The van der Waals surface area contributed by atoms with Crippen molar-refractivity contribution in [2.24, 2.45) is 0 Å². The second-order valence-electron chi connectivity index (χ2n) is 3.65. The van der Waals surface area contributed by atoms with Crippen LogP contribution in [0.3, 0.4) is 0 Å². The standard InChI is InChI=1S/C12H18/c1-5-9(2)12-7-6-10(3)11(4)8-12/h6-9H,5H2,1-4H3/t9-/m1/s1. The summed E-state index contributed by atoms with van der Waals surface area (Å²) in [5.74, 6) is 0.698.